The van der Waals surface area contributed by atoms with Crippen molar-refractivity contribution in [2.75, 3.05) is 24.7 Å². The summed E-state index contributed by atoms with van der Waals surface area (Å²) in [6.45, 7) is 4.78. The molecule has 2 aliphatic rings. The molecule has 1 fully saturated rings. The van der Waals surface area contributed by atoms with Crippen molar-refractivity contribution in [3.63, 3.8) is 0 Å². The Labute approximate surface area is 217 Å². The number of rotatable bonds is 6. The Morgan fingerprint density at radius 3 is 2.72 bits per heavy atom. The molecule has 0 amide bonds. The van der Waals surface area contributed by atoms with Gasteiger partial charge in [-0.2, -0.15) is 0 Å². The van der Waals surface area contributed by atoms with Gasteiger partial charge in [0, 0.05) is 53.6 Å². The lowest BCUT2D eigenvalue weighted by atomic mass is 9.91. The third kappa shape index (κ3) is 5.45. The number of piperidine rings is 1. The number of hydrogen-bond acceptors (Lipinski definition) is 9. The summed E-state index contributed by atoms with van der Waals surface area (Å²) >= 11 is 8.25. The fourth-order valence-electron chi connectivity index (χ4n) is 4.28. The highest BCUT2D eigenvalue weighted by Crippen LogP contribution is 2.30. The smallest absolute Gasteiger partial charge is 0.269 e. The number of aromatic nitrogens is 2. The van der Waals surface area contributed by atoms with Gasteiger partial charge in [0.25, 0.3) is 5.69 Å². The van der Waals surface area contributed by atoms with Crippen molar-refractivity contribution in [3.8, 4) is 0 Å². The van der Waals surface area contributed by atoms with Crippen LogP contribution in [0.25, 0.3) is 6.20 Å². The fourth-order valence-corrected chi connectivity index (χ4v) is 5.37. The Hall–Kier alpha value is -3.21. The first-order chi connectivity index (χ1) is 17.3. The van der Waals surface area contributed by atoms with Crippen LogP contribution in [0.3, 0.4) is 0 Å². The van der Waals surface area contributed by atoms with Gasteiger partial charge in [-0.15, -0.1) is 0 Å². The van der Waals surface area contributed by atoms with Crippen LogP contribution in [-0.4, -0.2) is 45.1 Å². The van der Waals surface area contributed by atoms with E-state index in [1.54, 1.807) is 24.5 Å². The standard InChI is InChI=1S/C25H26ClN7O2S/c1-25(27)7-9-32(10-8-25)22-12-29-23(13-28-22)36-21-6-5-20-19(24(21)26)15-31(16-30-20)14-17-3-2-4-18(11-17)33(34)35/h2-6,11-13,15H,7-10,14,16,27H2,1H3. The largest absolute Gasteiger partial charge is 0.355 e. The topological polar surface area (TPSA) is 114 Å². The Morgan fingerprint density at radius 1 is 1.19 bits per heavy atom. The Morgan fingerprint density at radius 2 is 2.00 bits per heavy atom. The van der Waals surface area contributed by atoms with Crippen LogP contribution in [0.15, 0.2) is 63.7 Å². The lowest BCUT2D eigenvalue weighted by molar-refractivity contribution is -0.384. The van der Waals surface area contributed by atoms with Crippen LogP contribution >= 0.6 is 23.4 Å². The van der Waals surface area contributed by atoms with Gasteiger partial charge in [-0.05, 0) is 37.5 Å². The first kappa shape index (κ1) is 24.5. The highest BCUT2D eigenvalue weighted by molar-refractivity contribution is 7.99. The van der Waals surface area contributed by atoms with E-state index < -0.39 is 0 Å². The number of fused-ring (bicyclic) bond motifs is 1. The van der Waals surface area contributed by atoms with Crippen molar-refractivity contribution >= 4 is 41.1 Å². The van der Waals surface area contributed by atoms with E-state index >= 15 is 0 Å². The summed E-state index contributed by atoms with van der Waals surface area (Å²) in [7, 11) is 0. The molecule has 2 N–H and O–H groups in total. The maximum absolute atomic E-state index is 11.1. The number of anilines is 1. The number of non-ortho nitro benzene ring substituents is 1. The number of nitro groups is 1. The van der Waals surface area contributed by atoms with Gasteiger partial charge in [0.15, 0.2) is 0 Å². The summed E-state index contributed by atoms with van der Waals surface area (Å²) in [4.78, 5) is 29.6. The summed E-state index contributed by atoms with van der Waals surface area (Å²) < 4.78 is 0. The molecule has 3 heterocycles. The number of hydrogen-bond donors (Lipinski definition) is 1. The quantitative estimate of drug-likeness (QED) is 0.386. The Kier molecular flexibility index (Phi) is 6.83. The highest BCUT2D eigenvalue weighted by atomic mass is 35.5. The summed E-state index contributed by atoms with van der Waals surface area (Å²) in [5, 5.41) is 14.1. The maximum Gasteiger partial charge on any atom is 0.269 e. The van der Waals surface area contributed by atoms with E-state index in [9.17, 15) is 10.1 Å². The molecule has 0 spiro atoms. The minimum absolute atomic E-state index is 0.0730. The number of nitrogens with two attached hydrogens (primary N) is 1. The fraction of sp³-hybridized carbons (Fsp3) is 0.320. The van der Waals surface area contributed by atoms with E-state index in [2.05, 4.69) is 26.8 Å². The van der Waals surface area contributed by atoms with E-state index in [1.165, 1.54) is 17.8 Å². The van der Waals surface area contributed by atoms with Gasteiger partial charge in [0.05, 0.1) is 27.7 Å². The molecule has 5 rings (SSSR count). The van der Waals surface area contributed by atoms with Crippen LogP contribution in [0.4, 0.5) is 11.5 Å². The van der Waals surface area contributed by atoms with Gasteiger partial charge in [0.2, 0.25) is 0 Å². The number of nitro benzene ring substituents is 1. The van der Waals surface area contributed by atoms with Gasteiger partial charge in [-0.1, -0.05) is 35.5 Å². The van der Waals surface area contributed by atoms with Crippen LogP contribution in [0.1, 0.15) is 25.3 Å². The van der Waals surface area contributed by atoms with E-state index in [1.807, 2.05) is 29.3 Å². The predicted octanol–water partition coefficient (Wildman–Crippen LogP) is 3.34. The lowest BCUT2D eigenvalue weighted by Crippen LogP contribution is -2.48. The molecule has 186 valence electrons. The molecular weight excluding hydrogens is 498 g/mol. The van der Waals surface area contributed by atoms with Gasteiger partial charge in [-0.25, -0.2) is 9.97 Å². The van der Waals surface area contributed by atoms with Crippen LogP contribution < -0.4 is 21.2 Å². The molecule has 9 nitrogen and oxygen atoms in total. The van der Waals surface area contributed by atoms with Crippen molar-refractivity contribution in [1.29, 1.82) is 0 Å². The minimum Gasteiger partial charge on any atom is -0.355 e. The number of benzene rings is 2. The van der Waals surface area contributed by atoms with Gasteiger partial charge in [-0.3, -0.25) is 15.1 Å². The van der Waals surface area contributed by atoms with Crippen molar-refractivity contribution in [2.24, 2.45) is 10.7 Å². The van der Waals surface area contributed by atoms with Crippen molar-refractivity contribution in [2.45, 2.75) is 41.8 Å². The Bertz CT molecular complexity index is 1400. The van der Waals surface area contributed by atoms with Crippen LogP contribution in [-0.2, 0) is 6.54 Å². The van der Waals surface area contributed by atoms with Crippen LogP contribution in [0.2, 0.25) is 5.02 Å². The zero-order chi connectivity index (χ0) is 25.3. The van der Waals surface area contributed by atoms with E-state index in [4.69, 9.17) is 17.3 Å². The maximum atomic E-state index is 11.1. The van der Waals surface area contributed by atoms with Crippen molar-refractivity contribution in [1.82, 2.24) is 14.9 Å². The van der Waals surface area contributed by atoms with E-state index in [-0.39, 0.29) is 16.1 Å². The molecular formula is C25H26ClN7O2S. The molecule has 11 heteroatoms. The third-order valence-electron chi connectivity index (χ3n) is 6.42. The second-order valence-electron chi connectivity index (χ2n) is 9.37. The third-order valence-corrected chi connectivity index (χ3v) is 7.92. The highest BCUT2D eigenvalue weighted by Gasteiger charge is 2.26. The van der Waals surface area contributed by atoms with Crippen molar-refractivity contribution < 1.29 is 4.92 Å². The van der Waals surface area contributed by atoms with Gasteiger partial charge >= 0.3 is 0 Å². The monoisotopic (exact) mass is 523 g/mol. The summed E-state index contributed by atoms with van der Waals surface area (Å²) in [5.41, 5.74) is 7.04. The summed E-state index contributed by atoms with van der Waals surface area (Å²) in [6, 6.07) is 10.5. The van der Waals surface area contributed by atoms with E-state index in [0.29, 0.717) is 18.2 Å². The molecule has 0 aliphatic carbocycles. The second kappa shape index (κ2) is 10.0. The van der Waals surface area contributed by atoms with Crippen LogP contribution in [0.5, 0.6) is 0 Å². The molecule has 0 saturated carbocycles. The number of halogens is 1. The lowest BCUT2D eigenvalue weighted by Gasteiger charge is -2.37. The second-order valence-corrected chi connectivity index (χ2v) is 10.8. The predicted molar refractivity (Wildman–Crippen MR) is 140 cm³/mol. The molecule has 2 aliphatic heterocycles. The van der Waals surface area contributed by atoms with Gasteiger partial charge in [0.1, 0.15) is 17.5 Å². The summed E-state index contributed by atoms with van der Waals surface area (Å²) in [5.74, 6) is 0.857. The first-order valence-electron chi connectivity index (χ1n) is 11.6. The molecule has 0 radical (unpaired) electrons. The average Bonchev–Trinajstić information content (AvgIpc) is 2.87. The van der Waals surface area contributed by atoms with Crippen molar-refractivity contribution in [3.05, 3.63) is 80.1 Å². The average molecular weight is 524 g/mol. The SMILES string of the molecule is CC1(N)CCN(c2cnc(Sc3ccc4c(c3Cl)=CN(Cc3cccc([N+](=O)[O-])c3)CN=4)cn2)CC1. The van der Waals surface area contributed by atoms with E-state index in [0.717, 1.165) is 57.8 Å². The Balaban J connectivity index is 1.32. The molecule has 2 aromatic carbocycles. The number of nitrogens with zero attached hydrogens (tertiary/aromatic N) is 6. The zero-order valence-corrected chi connectivity index (χ0v) is 21.4. The molecule has 3 aromatic rings. The summed E-state index contributed by atoms with van der Waals surface area (Å²) in [6.07, 6.45) is 7.39. The molecule has 36 heavy (non-hydrogen) atoms. The van der Waals surface area contributed by atoms with Gasteiger partial charge < -0.3 is 15.5 Å². The molecule has 1 saturated heterocycles. The minimum atomic E-state index is -0.388. The molecule has 1 aromatic heterocycles. The molecule has 0 bridgehead atoms. The molecule has 0 unspecified atom stereocenters. The zero-order valence-electron chi connectivity index (χ0n) is 19.8. The van der Waals surface area contributed by atoms with Crippen LogP contribution in [0, 0.1) is 10.1 Å². The molecule has 0 atom stereocenters. The normalized spacial score (nSPS) is 16.6. The first-order valence-corrected chi connectivity index (χ1v) is 12.8.